The summed E-state index contributed by atoms with van der Waals surface area (Å²) in [4.78, 5) is 38.9. The Bertz CT molecular complexity index is 1180. The van der Waals surface area contributed by atoms with Crippen LogP contribution >= 0.6 is 11.6 Å². The van der Waals surface area contributed by atoms with Crippen LogP contribution in [-0.2, 0) is 22.6 Å². The van der Waals surface area contributed by atoms with Crippen molar-refractivity contribution in [2.45, 2.75) is 19.9 Å². The van der Waals surface area contributed by atoms with Crippen LogP contribution in [0.3, 0.4) is 0 Å². The monoisotopic (exact) mass is 433 g/mol. The summed E-state index contributed by atoms with van der Waals surface area (Å²) < 4.78 is 1.91. The molecule has 0 bridgehead atoms. The molecule has 1 saturated heterocycles. The van der Waals surface area contributed by atoms with Crippen molar-refractivity contribution in [2.75, 3.05) is 4.90 Å². The van der Waals surface area contributed by atoms with Gasteiger partial charge in [-0.2, -0.15) is 0 Å². The zero-order valence-electron chi connectivity index (χ0n) is 16.8. The summed E-state index contributed by atoms with van der Waals surface area (Å²) in [6.45, 7) is 2.56. The predicted molar refractivity (Wildman–Crippen MR) is 120 cm³/mol. The SMILES string of the molecule is CCc1ccc(N2C(=O)NC(=O)/C(=C/c3cccn3Cc3ccc(Cl)cc3)C2=O)cc1. The lowest BCUT2D eigenvalue weighted by molar-refractivity contribution is -0.122. The number of nitrogens with zero attached hydrogens (tertiary/aromatic N) is 2. The number of amides is 4. The van der Waals surface area contributed by atoms with Crippen molar-refractivity contribution in [1.82, 2.24) is 9.88 Å². The molecule has 1 fully saturated rings. The maximum Gasteiger partial charge on any atom is 0.335 e. The highest BCUT2D eigenvalue weighted by Crippen LogP contribution is 2.23. The Labute approximate surface area is 184 Å². The second-order valence-corrected chi connectivity index (χ2v) is 7.60. The first-order valence-electron chi connectivity index (χ1n) is 9.86. The van der Waals surface area contributed by atoms with Gasteiger partial charge < -0.3 is 4.57 Å². The Kier molecular flexibility index (Phi) is 5.73. The number of hydrogen-bond donors (Lipinski definition) is 1. The van der Waals surface area contributed by atoms with Crippen molar-refractivity contribution < 1.29 is 14.4 Å². The van der Waals surface area contributed by atoms with Crippen LogP contribution < -0.4 is 10.2 Å². The molecule has 4 amide bonds. The Morgan fingerprint density at radius 3 is 2.29 bits per heavy atom. The second-order valence-electron chi connectivity index (χ2n) is 7.17. The minimum atomic E-state index is -0.757. The van der Waals surface area contributed by atoms with Gasteiger partial charge in [-0.3, -0.25) is 14.9 Å². The first-order chi connectivity index (χ1) is 15.0. The zero-order valence-corrected chi connectivity index (χ0v) is 17.6. The topological polar surface area (TPSA) is 71.4 Å². The summed E-state index contributed by atoms with van der Waals surface area (Å²) in [5.74, 6) is -1.37. The number of carbonyl (C=O) groups excluding carboxylic acids is 3. The molecule has 2 aromatic carbocycles. The number of halogens is 1. The largest absolute Gasteiger partial charge is 0.344 e. The highest BCUT2D eigenvalue weighted by molar-refractivity contribution is 6.39. The number of imide groups is 2. The molecule has 7 heteroatoms. The molecule has 2 heterocycles. The van der Waals surface area contributed by atoms with E-state index in [4.69, 9.17) is 11.6 Å². The van der Waals surface area contributed by atoms with E-state index in [1.807, 2.05) is 60.2 Å². The van der Waals surface area contributed by atoms with Crippen molar-refractivity contribution in [3.05, 3.63) is 94.3 Å². The third-order valence-corrected chi connectivity index (χ3v) is 5.38. The maximum atomic E-state index is 13.1. The average Bonchev–Trinajstić information content (AvgIpc) is 3.19. The number of barbiturate groups is 1. The van der Waals surface area contributed by atoms with Gasteiger partial charge in [-0.1, -0.05) is 42.8 Å². The summed E-state index contributed by atoms with van der Waals surface area (Å²) in [6.07, 6.45) is 4.21. The normalized spacial score (nSPS) is 15.5. The van der Waals surface area contributed by atoms with E-state index in [1.54, 1.807) is 18.2 Å². The van der Waals surface area contributed by atoms with Gasteiger partial charge >= 0.3 is 6.03 Å². The number of rotatable bonds is 5. The third kappa shape index (κ3) is 4.29. The molecule has 0 aliphatic carbocycles. The van der Waals surface area contributed by atoms with E-state index in [0.717, 1.165) is 22.4 Å². The minimum absolute atomic E-state index is 0.102. The molecule has 1 N–H and O–H groups in total. The van der Waals surface area contributed by atoms with Gasteiger partial charge in [-0.15, -0.1) is 0 Å². The lowest BCUT2D eigenvalue weighted by atomic mass is 10.1. The first-order valence-corrected chi connectivity index (χ1v) is 10.2. The molecule has 0 saturated carbocycles. The molecule has 156 valence electrons. The smallest absolute Gasteiger partial charge is 0.335 e. The standard InChI is InChI=1S/C24H20ClN3O3/c1-2-16-7-11-19(12-8-16)28-23(30)21(22(29)26-24(28)31)14-20-4-3-13-27(20)15-17-5-9-18(25)10-6-17/h3-14H,2,15H2,1H3,(H,26,29,31)/b21-14-. The summed E-state index contributed by atoms with van der Waals surface area (Å²) in [5, 5.41) is 2.91. The van der Waals surface area contributed by atoms with Crippen LogP contribution in [0, 0.1) is 0 Å². The third-order valence-electron chi connectivity index (χ3n) is 5.13. The first kappa shape index (κ1) is 20.6. The van der Waals surface area contributed by atoms with Crippen LogP contribution in [0.15, 0.2) is 72.4 Å². The molecule has 0 unspecified atom stereocenters. The van der Waals surface area contributed by atoms with Crippen LogP contribution in [0.2, 0.25) is 5.02 Å². The Morgan fingerprint density at radius 1 is 0.935 bits per heavy atom. The molecule has 0 radical (unpaired) electrons. The molecule has 31 heavy (non-hydrogen) atoms. The molecule has 4 rings (SSSR count). The molecular formula is C24H20ClN3O3. The molecule has 1 aliphatic heterocycles. The highest BCUT2D eigenvalue weighted by atomic mass is 35.5. The second kappa shape index (κ2) is 8.62. The lowest BCUT2D eigenvalue weighted by Gasteiger charge is -2.26. The lowest BCUT2D eigenvalue weighted by Crippen LogP contribution is -2.54. The van der Waals surface area contributed by atoms with Gasteiger partial charge in [0.2, 0.25) is 0 Å². The number of aromatic nitrogens is 1. The Morgan fingerprint density at radius 2 is 1.61 bits per heavy atom. The fourth-order valence-corrected chi connectivity index (χ4v) is 3.54. The fraction of sp³-hybridized carbons (Fsp3) is 0.125. The number of aryl methyl sites for hydroxylation is 1. The van der Waals surface area contributed by atoms with Crippen molar-refractivity contribution in [1.29, 1.82) is 0 Å². The number of nitrogens with one attached hydrogen (secondary N) is 1. The molecule has 0 atom stereocenters. The molecule has 1 aromatic heterocycles. The van der Waals surface area contributed by atoms with E-state index in [9.17, 15) is 14.4 Å². The zero-order chi connectivity index (χ0) is 22.0. The predicted octanol–water partition coefficient (Wildman–Crippen LogP) is 4.42. The number of benzene rings is 2. The van der Waals surface area contributed by atoms with Gasteiger partial charge in [0.25, 0.3) is 11.8 Å². The molecular weight excluding hydrogens is 414 g/mol. The van der Waals surface area contributed by atoms with Gasteiger partial charge in [-0.05, 0) is 60.0 Å². The van der Waals surface area contributed by atoms with E-state index in [-0.39, 0.29) is 5.57 Å². The minimum Gasteiger partial charge on any atom is -0.344 e. The van der Waals surface area contributed by atoms with Gasteiger partial charge in [0.1, 0.15) is 5.57 Å². The van der Waals surface area contributed by atoms with Gasteiger partial charge in [0, 0.05) is 23.5 Å². The van der Waals surface area contributed by atoms with Gasteiger partial charge in [0.05, 0.1) is 5.69 Å². The van der Waals surface area contributed by atoms with Gasteiger partial charge in [0.15, 0.2) is 0 Å². The van der Waals surface area contributed by atoms with Crippen LogP contribution in [-0.4, -0.2) is 22.4 Å². The fourth-order valence-electron chi connectivity index (χ4n) is 3.41. The van der Waals surface area contributed by atoms with Crippen LogP contribution in [0.5, 0.6) is 0 Å². The van der Waals surface area contributed by atoms with Crippen LogP contribution in [0.4, 0.5) is 10.5 Å². The van der Waals surface area contributed by atoms with Crippen molar-refractivity contribution in [3.63, 3.8) is 0 Å². The van der Waals surface area contributed by atoms with Crippen molar-refractivity contribution >= 4 is 41.2 Å². The van der Waals surface area contributed by atoms with E-state index < -0.39 is 17.8 Å². The highest BCUT2D eigenvalue weighted by Gasteiger charge is 2.36. The molecule has 3 aromatic rings. The van der Waals surface area contributed by atoms with Crippen LogP contribution in [0.25, 0.3) is 6.08 Å². The van der Waals surface area contributed by atoms with E-state index in [0.29, 0.717) is 22.9 Å². The molecule has 0 spiro atoms. The van der Waals surface area contributed by atoms with E-state index in [1.165, 1.54) is 6.08 Å². The summed E-state index contributed by atoms with van der Waals surface area (Å²) in [6, 6.07) is 17.4. The van der Waals surface area contributed by atoms with Gasteiger partial charge in [-0.25, -0.2) is 9.69 Å². The number of hydrogen-bond acceptors (Lipinski definition) is 3. The Hall–Kier alpha value is -3.64. The quantitative estimate of drug-likeness (QED) is 0.478. The molecule has 6 nitrogen and oxygen atoms in total. The van der Waals surface area contributed by atoms with E-state index in [2.05, 4.69) is 5.32 Å². The van der Waals surface area contributed by atoms with Crippen LogP contribution in [0.1, 0.15) is 23.7 Å². The number of carbonyl (C=O) groups is 3. The van der Waals surface area contributed by atoms with Crippen molar-refractivity contribution in [3.8, 4) is 0 Å². The summed E-state index contributed by atoms with van der Waals surface area (Å²) in [5.41, 5.74) is 3.09. The number of urea groups is 1. The molecule has 1 aliphatic rings. The Balaban J connectivity index is 1.64. The maximum absolute atomic E-state index is 13.1. The number of anilines is 1. The van der Waals surface area contributed by atoms with E-state index >= 15 is 0 Å². The average molecular weight is 434 g/mol. The summed E-state index contributed by atoms with van der Waals surface area (Å²) >= 11 is 5.95. The van der Waals surface area contributed by atoms with Crippen molar-refractivity contribution in [2.24, 2.45) is 0 Å². The summed E-state index contributed by atoms with van der Waals surface area (Å²) in [7, 11) is 0.